The van der Waals surface area contributed by atoms with Crippen LogP contribution in [-0.4, -0.2) is 40.6 Å². The molecule has 2 rings (SSSR count). The lowest BCUT2D eigenvalue weighted by Crippen LogP contribution is -2.44. The maximum atomic E-state index is 12.4. The average Bonchev–Trinajstić information content (AvgIpc) is 2.92. The van der Waals surface area contributed by atoms with Crippen molar-refractivity contribution in [2.45, 2.75) is 69.3 Å². The van der Waals surface area contributed by atoms with E-state index in [1.165, 1.54) is 25.7 Å². The van der Waals surface area contributed by atoms with Gasteiger partial charge in [0.05, 0.1) is 12.2 Å². The van der Waals surface area contributed by atoms with Gasteiger partial charge in [0, 0.05) is 11.3 Å². The Morgan fingerprint density at radius 2 is 2.11 bits per heavy atom. The first-order valence-electron chi connectivity index (χ1n) is 7.23. The Kier molecular flexibility index (Phi) is 4.59. The summed E-state index contributed by atoms with van der Waals surface area (Å²) in [7, 11) is 0. The van der Waals surface area contributed by atoms with Crippen molar-refractivity contribution in [2.24, 2.45) is 0 Å². The van der Waals surface area contributed by atoms with Crippen molar-refractivity contribution < 1.29 is 4.79 Å². The molecule has 3 nitrogen and oxygen atoms in total. The molecule has 0 aromatic carbocycles. The summed E-state index contributed by atoms with van der Waals surface area (Å²) in [5.41, 5.74) is 0. The second-order valence-corrected chi connectivity index (χ2v) is 7.02. The number of thioether (sulfide) groups is 1. The Balaban J connectivity index is 2.02. The quantitative estimate of drug-likeness (QED) is 0.833. The third-order valence-corrected chi connectivity index (χ3v) is 5.88. The molecular weight excluding hydrogens is 244 g/mol. The summed E-state index contributed by atoms with van der Waals surface area (Å²) >= 11 is 1.96. The molecule has 18 heavy (non-hydrogen) atoms. The van der Waals surface area contributed by atoms with Crippen LogP contribution in [0.3, 0.4) is 0 Å². The molecule has 1 saturated heterocycles. The summed E-state index contributed by atoms with van der Waals surface area (Å²) in [6, 6.07) is 0.0605. The van der Waals surface area contributed by atoms with Gasteiger partial charge >= 0.3 is 0 Å². The molecule has 2 unspecified atom stereocenters. The van der Waals surface area contributed by atoms with Gasteiger partial charge < -0.3 is 4.90 Å². The zero-order valence-electron chi connectivity index (χ0n) is 11.9. The molecule has 0 aromatic heterocycles. The van der Waals surface area contributed by atoms with Crippen LogP contribution in [0.5, 0.6) is 0 Å². The lowest BCUT2D eigenvalue weighted by molar-refractivity contribution is -0.130. The molecule has 0 radical (unpaired) electrons. The number of hydrogen-bond acceptors (Lipinski definition) is 3. The Morgan fingerprint density at radius 3 is 2.67 bits per heavy atom. The number of carbonyl (C=O) groups excluding carboxylic acids is 1. The van der Waals surface area contributed by atoms with Crippen LogP contribution in [-0.2, 0) is 4.79 Å². The summed E-state index contributed by atoms with van der Waals surface area (Å²) in [4.78, 5) is 14.5. The molecule has 1 aliphatic heterocycles. The largest absolute Gasteiger partial charge is 0.325 e. The Hall–Kier alpha value is -0.220. The Bertz CT molecular complexity index is 302. The van der Waals surface area contributed by atoms with Crippen LogP contribution in [0.15, 0.2) is 0 Å². The van der Waals surface area contributed by atoms with Crippen LogP contribution in [0.2, 0.25) is 0 Å². The van der Waals surface area contributed by atoms with E-state index in [0.717, 1.165) is 19.4 Å². The number of hydrogen-bond donors (Lipinski definition) is 1. The highest BCUT2D eigenvalue weighted by molar-refractivity contribution is 8.00. The van der Waals surface area contributed by atoms with Gasteiger partial charge in [0.25, 0.3) is 0 Å². The fraction of sp³-hybridized carbons (Fsp3) is 0.929. The zero-order chi connectivity index (χ0) is 13.2. The van der Waals surface area contributed by atoms with Crippen LogP contribution in [0.25, 0.3) is 0 Å². The summed E-state index contributed by atoms with van der Waals surface area (Å²) in [6.45, 7) is 5.20. The minimum atomic E-state index is 0.0605. The molecule has 2 atom stereocenters. The van der Waals surface area contributed by atoms with Crippen molar-refractivity contribution in [3.05, 3.63) is 0 Å². The van der Waals surface area contributed by atoms with Gasteiger partial charge in [-0.1, -0.05) is 26.2 Å². The number of carbonyl (C=O) groups is 1. The first kappa shape index (κ1) is 14.2. The molecule has 0 spiro atoms. The molecule has 1 heterocycles. The molecule has 1 amide bonds. The first-order valence-corrected chi connectivity index (χ1v) is 8.46. The molecule has 1 aliphatic carbocycles. The molecule has 0 aromatic rings. The zero-order valence-corrected chi connectivity index (χ0v) is 12.7. The second-order valence-electron chi connectivity index (χ2n) is 5.74. The number of rotatable bonds is 5. The molecule has 1 saturated carbocycles. The maximum Gasteiger partial charge on any atom is 0.241 e. The van der Waals surface area contributed by atoms with Crippen LogP contribution in [0.1, 0.15) is 52.4 Å². The van der Waals surface area contributed by atoms with Crippen molar-refractivity contribution in [1.29, 1.82) is 0 Å². The highest BCUT2D eigenvalue weighted by Gasteiger charge is 2.42. The van der Waals surface area contributed by atoms with Crippen LogP contribution < -0.4 is 5.32 Å². The summed E-state index contributed by atoms with van der Waals surface area (Å²) in [6.07, 6.45) is 9.62. The van der Waals surface area contributed by atoms with E-state index in [1.807, 2.05) is 11.8 Å². The van der Waals surface area contributed by atoms with Crippen molar-refractivity contribution >= 4 is 17.7 Å². The molecule has 104 valence electrons. The molecule has 0 bridgehead atoms. The van der Waals surface area contributed by atoms with Gasteiger partial charge in [0.1, 0.15) is 0 Å². The Morgan fingerprint density at radius 1 is 1.44 bits per heavy atom. The average molecular weight is 270 g/mol. The summed E-state index contributed by atoms with van der Waals surface area (Å²) < 4.78 is 0.326. The van der Waals surface area contributed by atoms with Gasteiger partial charge in [-0.15, -0.1) is 0 Å². The monoisotopic (exact) mass is 270 g/mol. The SMILES string of the molecule is CCCC1NC(C)N(CC2(SC)CCCC2)C1=O. The van der Waals surface area contributed by atoms with E-state index in [4.69, 9.17) is 0 Å². The van der Waals surface area contributed by atoms with E-state index >= 15 is 0 Å². The van der Waals surface area contributed by atoms with Crippen molar-refractivity contribution in [2.75, 3.05) is 12.8 Å². The third-order valence-electron chi connectivity index (χ3n) is 4.47. The number of amides is 1. The minimum absolute atomic E-state index is 0.0605. The van der Waals surface area contributed by atoms with Gasteiger partial charge in [0.2, 0.25) is 5.91 Å². The number of nitrogens with one attached hydrogen (secondary N) is 1. The molecular formula is C14H26N2OS. The van der Waals surface area contributed by atoms with Gasteiger partial charge in [-0.25, -0.2) is 0 Å². The lowest BCUT2D eigenvalue weighted by Gasteiger charge is -2.33. The van der Waals surface area contributed by atoms with E-state index < -0.39 is 0 Å². The smallest absolute Gasteiger partial charge is 0.241 e. The fourth-order valence-corrected chi connectivity index (χ4v) is 4.28. The van der Waals surface area contributed by atoms with Crippen LogP contribution in [0, 0.1) is 0 Å². The van der Waals surface area contributed by atoms with Gasteiger partial charge in [-0.2, -0.15) is 11.8 Å². The topological polar surface area (TPSA) is 32.3 Å². The van der Waals surface area contributed by atoms with Gasteiger partial charge in [0.15, 0.2) is 0 Å². The van der Waals surface area contributed by atoms with E-state index in [2.05, 4.69) is 30.3 Å². The second kappa shape index (κ2) is 5.83. The third kappa shape index (κ3) is 2.69. The highest BCUT2D eigenvalue weighted by Crippen LogP contribution is 2.41. The Labute approximate surface area is 115 Å². The van der Waals surface area contributed by atoms with Crippen LogP contribution in [0.4, 0.5) is 0 Å². The van der Waals surface area contributed by atoms with Gasteiger partial charge in [-0.3, -0.25) is 10.1 Å². The standard InChI is InChI=1S/C14H26N2OS/c1-4-7-12-13(17)16(11(2)15-12)10-14(18-3)8-5-6-9-14/h11-12,15H,4-10H2,1-3H3. The fourth-order valence-electron chi connectivity index (χ4n) is 3.31. The first-order chi connectivity index (χ1) is 8.62. The maximum absolute atomic E-state index is 12.4. The van der Waals surface area contributed by atoms with Crippen LogP contribution >= 0.6 is 11.8 Å². The lowest BCUT2D eigenvalue weighted by atomic mass is 10.1. The van der Waals surface area contributed by atoms with E-state index in [9.17, 15) is 4.79 Å². The summed E-state index contributed by atoms with van der Waals surface area (Å²) in [5, 5.41) is 3.44. The van der Waals surface area contributed by atoms with Gasteiger partial charge in [-0.05, 0) is 32.4 Å². The molecule has 2 fully saturated rings. The normalized spacial score (nSPS) is 31.3. The predicted octanol–water partition coefficient (Wildman–Crippen LogP) is 2.61. The molecule has 4 heteroatoms. The number of nitrogens with zero attached hydrogens (tertiary/aromatic N) is 1. The van der Waals surface area contributed by atoms with E-state index in [-0.39, 0.29) is 12.2 Å². The van der Waals surface area contributed by atoms with E-state index in [0.29, 0.717) is 10.7 Å². The summed E-state index contributed by atoms with van der Waals surface area (Å²) in [5.74, 6) is 0.324. The predicted molar refractivity (Wildman–Crippen MR) is 77.7 cm³/mol. The minimum Gasteiger partial charge on any atom is -0.325 e. The highest BCUT2D eigenvalue weighted by atomic mass is 32.2. The van der Waals surface area contributed by atoms with Crippen molar-refractivity contribution in [3.8, 4) is 0 Å². The van der Waals surface area contributed by atoms with E-state index in [1.54, 1.807) is 0 Å². The molecule has 2 aliphatic rings. The van der Waals surface area contributed by atoms with Crippen molar-refractivity contribution in [3.63, 3.8) is 0 Å². The molecule has 1 N–H and O–H groups in total. The van der Waals surface area contributed by atoms with Crippen molar-refractivity contribution in [1.82, 2.24) is 10.2 Å².